The maximum atomic E-state index is 11.7. The van der Waals surface area contributed by atoms with E-state index in [-0.39, 0.29) is 0 Å². The van der Waals surface area contributed by atoms with Gasteiger partial charge in [-0.2, -0.15) is 0 Å². The lowest BCUT2D eigenvalue weighted by atomic mass is 9.86. The molecule has 0 fully saturated rings. The summed E-state index contributed by atoms with van der Waals surface area (Å²) in [6.07, 6.45) is -0.675. The summed E-state index contributed by atoms with van der Waals surface area (Å²) in [7, 11) is 0. The maximum absolute atomic E-state index is 11.7. The average Bonchev–Trinajstić information content (AvgIpc) is 3.01. The lowest BCUT2D eigenvalue weighted by Gasteiger charge is -2.17. The molecule has 8 nitrogen and oxygen atoms in total. The minimum atomic E-state index is -1.27. The number of carboxylic acids is 4. The normalized spacial score (nSPS) is 13.8. The number of carbonyl (C=O) groups is 4. The predicted octanol–water partition coefficient (Wildman–Crippen LogP) is 2.54. The van der Waals surface area contributed by atoms with Gasteiger partial charge in [0.2, 0.25) is 0 Å². The Morgan fingerprint density at radius 1 is 0.793 bits per heavy atom. The van der Waals surface area contributed by atoms with Crippen molar-refractivity contribution in [2.45, 2.75) is 31.1 Å². The van der Waals surface area contributed by atoms with Gasteiger partial charge in [0.15, 0.2) is 0 Å². The van der Waals surface area contributed by atoms with Crippen molar-refractivity contribution in [3.63, 3.8) is 0 Å². The van der Waals surface area contributed by atoms with E-state index in [4.69, 9.17) is 10.2 Å². The highest BCUT2D eigenvalue weighted by atomic mass is 16.4. The minimum absolute atomic E-state index is 0.298. The summed E-state index contributed by atoms with van der Waals surface area (Å²) in [6.45, 7) is 0. The van der Waals surface area contributed by atoms with Crippen molar-refractivity contribution in [1.82, 2.24) is 0 Å². The Morgan fingerprint density at radius 2 is 1.41 bits per heavy atom. The zero-order valence-corrected chi connectivity index (χ0v) is 15.2. The zero-order chi connectivity index (χ0) is 21.3. The second-order valence-electron chi connectivity index (χ2n) is 6.95. The number of carboxylic acid groups (broad SMARTS) is 4. The van der Waals surface area contributed by atoms with E-state index in [1.165, 1.54) is 0 Å². The smallest absolute Gasteiger partial charge is 0.311 e. The monoisotopic (exact) mass is 398 g/mol. The first kappa shape index (κ1) is 20.1. The lowest BCUT2D eigenvalue weighted by Crippen LogP contribution is -2.17. The molecule has 0 amide bonds. The molecule has 2 unspecified atom stereocenters. The third-order valence-electron chi connectivity index (χ3n) is 5.10. The van der Waals surface area contributed by atoms with Gasteiger partial charge in [0.1, 0.15) is 0 Å². The molecule has 29 heavy (non-hydrogen) atoms. The molecule has 0 saturated heterocycles. The maximum Gasteiger partial charge on any atom is 0.311 e. The molecule has 2 aromatic carbocycles. The summed E-state index contributed by atoms with van der Waals surface area (Å²) in [5.41, 5.74) is 3.50. The highest BCUT2D eigenvalue weighted by Gasteiger charge is 2.31. The van der Waals surface area contributed by atoms with E-state index >= 15 is 0 Å². The van der Waals surface area contributed by atoms with Gasteiger partial charge in [0, 0.05) is 0 Å². The van der Waals surface area contributed by atoms with Crippen LogP contribution >= 0.6 is 0 Å². The van der Waals surface area contributed by atoms with Crippen molar-refractivity contribution >= 4 is 23.9 Å². The minimum Gasteiger partial charge on any atom is -0.481 e. The van der Waals surface area contributed by atoms with E-state index in [0.717, 1.165) is 11.1 Å². The molecule has 1 aliphatic carbocycles. The molecule has 0 aromatic heterocycles. The molecular formula is C21H18O8. The molecule has 0 radical (unpaired) electrons. The Morgan fingerprint density at radius 3 is 2.00 bits per heavy atom. The van der Waals surface area contributed by atoms with E-state index in [0.29, 0.717) is 28.7 Å². The van der Waals surface area contributed by atoms with Crippen molar-refractivity contribution in [3.8, 4) is 11.1 Å². The molecule has 2 atom stereocenters. The van der Waals surface area contributed by atoms with Gasteiger partial charge in [-0.25, -0.2) is 0 Å². The Labute approximate surface area is 165 Å². The van der Waals surface area contributed by atoms with Crippen molar-refractivity contribution in [3.05, 3.63) is 58.7 Å². The van der Waals surface area contributed by atoms with Crippen LogP contribution in [0.2, 0.25) is 0 Å². The Balaban J connectivity index is 2.14. The fourth-order valence-corrected chi connectivity index (χ4v) is 3.82. The van der Waals surface area contributed by atoms with Crippen molar-refractivity contribution in [1.29, 1.82) is 0 Å². The number of hydrogen-bond donors (Lipinski definition) is 4. The van der Waals surface area contributed by atoms with Crippen molar-refractivity contribution in [2.24, 2.45) is 0 Å². The van der Waals surface area contributed by atoms with Gasteiger partial charge in [-0.1, -0.05) is 30.3 Å². The number of hydrogen-bond acceptors (Lipinski definition) is 4. The van der Waals surface area contributed by atoms with Crippen LogP contribution in [0.3, 0.4) is 0 Å². The molecule has 8 heteroatoms. The predicted molar refractivity (Wildman–Crippen MR) is 99.9 cm³/mol. The fraction of sp³-hybridized carbons (Fsp3) is 0.238. The van der Waals surface area contributed by atoms with E-state index in [2.05, 4.69) is 0 Å². The highest BCUT2D eigenvalue weighted by molar-refractivity contribution is 5.89. The summed E-state index contributed by atoms with van der Waals surface area (Å²) >= 11 is 0. The summed E-state index contributed by atoms with van der Waals surface area (Å²) in [5.74, 6) is -7.52. The Hall–Kier alpha value is -3.68. The van der Waals surface area contributed by atoms with Crippen LogP contribution in [0.5, 0.6) is 0 Å². The molecule has 1 aliphatic rings. The standard InChI is InChI=1S/C21H18O8/c22-17(23)8-15(20(26)27)11-5-4-10-6-12-2-1-3-13(19(12)14(10)7-11)16(21(28)29)9-18(24)25/h1-5,7,15-16H,6,8-9H2,(H,22,23)(H,24,25)(H,26,27)(H,28,29). The molecular weight excluding hydrogens is 380 g/mol. The van der Waals surface area contributed by atoms with Crippen LogP contribution in [0.4, 0.5) is 0 Å². The Kier molecular flexibility index (Phi) is 5.36. The number of rotatable bonds is 8. The molecule has 2 aromatic rings. The number of benzene rings is 2. The van der Waals surface area contributed by atoms with Crippen LogP contribution in [0, 0.1) is 0 Å². The van der Waals surface area contributed by atoms with Gasteiger partial charge in [-0.05, 0) is 45.9 Å². The molecule has 0 saturated carbocycles. The van der Waals surface area contributed by atoms with Crippen LogP contribution in [0.15, 0.2) is 36.4 Å². The number of fused-ring (bicyclic) bond motifs is 3. The van der Waals surface area contributed by atoms with Crippen LogP contribution in [0.25, 0.3) is 11.1 Å². The summed E-state index contributed by atoms with van der Waals surface area (Å²) in [5, 5.41) is 37.1. The van der Waals surface area contributed by atoms with Gasteiger partial charge in [0.05, 0.1) is 24.7 Å². The zero-order valence-electron chi connectivity index (χ0n) is 15.2. The van der Waals surface area contributed by atoms with Gasteiger partial charge in [-0.15, -0.1) is 0 Å². The van der Waals surface area contributed by atoms with E-state index < -0.39 is 48.6 Å². The molecule has 0 aliphatic heterocycles. The third-order valence-corrected chi connectivity index (χ3v) is 5.10. The molecule has 0 heterocycles. The Bertz CT molecular complexity index is 1020. The molecule has 150 valence electrons. The number of aliphatic carboxylic acids is 4. The van der Waals surface area contributed by atoms with Gasteiger partial charge in [-0.3, -0.25) is 19.2 Å². The van der Waals surface area contributed by atoms with Crippen molar-refractivity contribution in [2.75, 3.05) is 0 Å². The molecule has 3 rings (SSSR count). The molecule has 0 spiro atoms. The largest absolute Gasteiger partial charge is 0.481 e. The van der Waals surface area contributed by atoms with Gasteiger partial charge >= 0.3 is 23.9 Å². The first-order valence-corrected chi connectivity index (χ1v) is 8.83. The van der Waals surface area contributed by atoms with Crippen LogP contribution in [-0.2, 0) is 25.6 Å². The van der Waals surface area contributed by atoms with Gasteiger partial charge in [0.25, 0.3) is 0 Å². The van der Waals surface area contributed by atoms with Crippen LogP contribution in [-0.4, -0.2) is 44.3 Å². The summed E-state index contributed by atoms with van der Waals surface area (Å²) in [4.78, 5) is 45.5. The van der Waals surface area contributed by atoms with Crippen LogP contribution < -0.4 is 0 Å². The SMILES string of the molecule is O=C(O)CC(C(=O)O)c1ccc2c(c1)-c1c(cccc1C(CC(=O)O)C(=O)O)C2. The second-order valence-corrected chi connectivity index (χ2v) is 6.95. The van der Waals surface area contributed by atoms with E-state index in [9.17, 15) is 29.4 Å². The van der Waals surface area contributed by atoms with Crippen molar-refractivity contribution < 1.29 is 39.6 Å². The third kappa shape index (κ3) is 3.96. The molecule has 0 bridgehead atoms. The molecule has 4 N–H and O–H groups in total. The topological polar surface area (TPSA) is 149 Å². The van der Waals surface area contributed by atoms with E-state index in [1.807, 2.05) is 6.07 Å². The lowest BCUT2D eigenvalue weighted by molar-refractivity contribution is -0.145. The summed E-state index contributed by atoms with van der Waals surface area (Å²) < 4.78 is 0. The van der Waals surface area contributed by atoms with Crippen LogP contribution in [0.1, 0.15) is 46.9 Å². The highest BCUT2D eigenvalue weighted by Crippen LogP contribution is 2.43. The quantitative estimate of drug-likeness (QED) is 0.452. The first-order chi connectivity index (χ1) is 13.7. The second kappa shape index (κ2) is 7.75. The average molecular weight is 398 g/mol. The summed E-state index contributed by atoms with van der Waals surface area (Å²) in [6, 6.07) is 9.89. The van der Waals surface area contributed by atoms with Gasteiger partial charge < -0.3 is 20.4 Å². The first-order valence-electron chi connectivity index (χ1n) is 8.83. The fourth-order valence-electron chi connectivity index (χ4n) is 3.82. The van der Waals surface area contributed by atoms with E-state index in [1.54, 1.807) is 30.3 Å².